The van der Waals surface area contributed by atoms with Crippen molar-refractivity contribution in [2.75, 3.05) is 6.61 Å². The van der Waals surface area contributed by atoms with Gasteiger partial charge in [-0.25, -0.2) is 4.79 Å². The van der Waals surface area contributed by atoms with Gasteiger partial charge < -0.3 is 19.3 Å². The van der Waals surface area contributed by atoms with Crippen LogP contribution < -0.4 is 9.47 Å². The van der Waals surface area contributed by atoms with Gasteiger partial charge in [0.05, 0.1) is 6.61 Å². The van der Waals surface area contributed by atoms with E-state index in [1.807, 2.05) is 66.7 Å². The fraction of sp³-hybridized carbons (Fsp3) is 0.208. The number of cyclic esters (lactones) is 1. The molecule has 3 aromatic carbocycles. The minimum absolute atomic E-state index is 0.222. The van der Waals surface area contributed by atoms with E-state index in [0.717, 1.165) is 16.7 Å². The molecule has 5 nitrogen and oxygen atoms in total. The van der Waals surface area contributed by atoms with Crippen molar-refractivity contribution in [1.82, 2.24) is 0 Å². The fourth-order valence-corrected chi connectivity index (χ4v) is 3.31. The van der Waals surface area contributed by atoms with Crippen molar-refractivity contribution in [1.29, 1.82) is 0 Å². The maximum Gasteiger partial charge on any atom is 0.342 e. The summed E-state index contributed by atoms with van der Waals surface area (Å²) in [6.07, 6.45) is -0.136. The Balaban J connectivity index is 1.61. The molecule has 29 heavy (non-hydrogen) atoms. The van der Waals surface area contributed by atoms with E-state index in [0.29, 0.717) is 36.7 Å². The molecule has 1 N–H and O–H groups in total. The van der Waals surface area contributed by atoms with Gasteiger partial charge in [0, 0.05) is 12.5 Å². The van der Waals surface area contributed by atoms with Gasteiger partial charge in [0.25, 0.3) is 0 Å². The first-order valence-electron chi connectivity index (χ1n) is 9.55. The van der Waals surface area contributed by atoms with E-state index >= 15 is 0 Å². The molecule has 1 heterocycles. The maximum absolute atomic E-state index is 12.5. The van der Waals surface area contributed by atoms with Crippen molar-refractivity contribution in [3.63, 3.8) is 0 Å². The third-order valence-electron chi connectivity index (χ3n) is 4.77. The summed E-state index contributed by atoms with van der Waals surface area (Å²) < 4.78 is 17.3. The lowest BCUT2D eigenvalue weighted by Gasteiger charge is -2.25. The van der Waals surface area contributed by atoms with Crippen LogP contribution in [0, 0.1) is 0 Å². The second-order valence-corrected chi connectivity index (χ2v) is 6.92. The van der Waals surface area contributed by atoms with Crippen LogP contribution in [-0.4, -0.2) is 23.8 Å². The highest BCUT2D eigenvalue weighted by atomic mass is 16.6. The number of carbonyl (C=O) groups excluding carboxylic acids is 1. The SMILES string of the molecule is O=C1O[C@@H](CO)Cc2cc(OCc3ccccc3)cc(OCc3ccccc3)c21. The van der Waals surface area contributed by atoms with E-state index in [1.54, 1.807) is 6.07 Å². The van der Waals surface area contributed by atoms with Crippen molar-refractivity contribution in [2.45, 2.75) is 25.7 Å². The van der Waals surface area contributed by atoms with Crippen LogP contribution in [0.1, 0.15) is 27.0 Å². The normalized spacial score (nSPS) is 15.3. The van der Waals surface area contributed by atoms with Crippen LogP contribution in [0.4, 0.5) is 0 Å². The van der Waals surface area contributed by atoms with Crippen LogP contribution in [0.2, 0.25) is 0 Å². The molecular weight excluding hydrogens is 368 g/mol. The number of fused-ring (bicyclic) bond motifs is 1. The Labute approximate surface area is 169 Å². The molecular formula is C24H22O5. The van der Waals surface area contributed by atoms with Crippen LogP contribution >= 0.6 is 0 Å². The molecule has 4 rings (SSSR count). The summed E-state index contributed by atoms with van der Waals surface area (Å²) in [5, 5.41) is 9.44. The van der Waals surface area contributed by atoms with E-state index in [-0.39, 0.29) is 6.61 Å². The number of hydrogen-bond acceptors (Lipinski definition) is 5. The Morgan fingerprint density at radius 3 is 2.14 bits per heavy atom. The van der Waals surface area contributed by atoms with Gasteiger partial charge in [-0.05, 0) is 22.8 Å². The van der Waals surface area contributed by atoms with Crippen LogP contribution in [0.25, 0.3) is 0 Å². The van der Waals surface area contributed by atoms with E-state index in [4.69, 9.17) is 14.2 Å². The van der Waals surface area contributed by atoms with Crippen molar-refractivity contribution in [3.05, 3.63) is 95.1 Å². The van der Waals surface area contributed by atoms with Crippen molar-refractivity contribution < 1.29 is 24.1 Å². The maximum atomic E-state index is 12.5. The number of benzene rings is 3. The van der Waals surface area contributed by atoms with Gasteiger partial charge in [-0.15, -0.1) is 0 Å². The second kappa shape index (κ2) is 8.80. The predicted molar refractivity (Wildman–Crippen MR) is 108 cm³/mol. The second-order valence-electron chi connectivity index (χ2n) is 6.92. The van der Waals surface area contributed by atoms with Gasteiger partial charge in [0.2, 0.25) is 0 Å². The number of esters is 1. The van der Waals surface area contributed by atoms with Crippen LogP contribution in [-0.2, 0) is 24.4 Å². The highest BCUT2D eigenvalue weighted by Crippen LogP contribution is 2.34. The van der Waals surface area contributed by atoms with Crippen LogP contribution in [0.3, 0.4) is 0 Å². The van der Waals surface area contributed by atoms with Gasteiger partial charge in [-0.2, -0.15) is 0 Å². The minimum Gasteiger partial charge on any atom is -0.489 e. The molecule has 5 heteroatoms. The number of hydrogen-bond donors (Lipinski definition) is 1. The average Bonchev–Trinajstić information content (AvgIpc) is 2.77. The van der Waals surface area contributed by atoms with Gasteiger partial charge in [-0.3, -0.25) is 0 Å². The van der Waals surface area contributed by atoms with E-state index in [2.05, 4.69) is 0 Å². The number of aliphatic hydroxyl groups excluding tert-OH is 1. The summed E-state index contributed by atoms with van der Waals surface area (Å²) in [6, 6.07) is 23.2. The molecule has 0 radical (unpaired) electrons. The quantitative estimate of drug-likeness (QED) is 0.620. The fourth-order valence-electron chi connectivity index (χ4n) is 3.31. The zero-order valence-corrected chi connectivity index (χ0v) is 15.9. The molecule has 3 aromatic rings. The van der Waals surface area contributed by atoms with Gasteiger partial charge in [-0.1, -0.05) is 60.7 Å². The molecule has 0 aliphatic carbocycles. The molecule has 1 atom stereocenters. The summed E-state index contributed by atoms with van der Waals surface area (Å²) >= 11 is 0. The van der Waals surface area contributed by atoms with Crippen molar-refractivity contribution >= 4 is 5.97 Å². The van der Waals surface area contributed by atoms with Gasteiger partial charge >= 0.3 is 5.97 Å². The summed E-state index contributed by atoms with van der Waals surface area (Å²) in [4.78, 5) is 12.5. The number of rotatable bonds is 7. The first kappa shape index (κ1) is 19.0. The Morgan fingerprint density at radius 1 is 0.897 bits per heavy atom. The Morgan fingerprint density at radius 2 is 1.52 bits per heavy atom. The molecule has 148 valence electrons. The predicted octanol–water partition coefficient (Wildman–Crippen LogP) is 3.92. The zero-order chi connectivity index (χ0) is 20.1. The molecule has 0 amide bonds. The number of aliphatic hydroxyl groups is 1. The summed E-state index contributed by atoms with van der Waals surface area (Å²) in [5.41, 5.74) is 3.20. The summed E-state index contributed by atoms with van der Waals surface area (Å²) in [5.74, 6) is 0.556. The molecule has 0 bridgehead atoms. The van der Waals surface area contributed by atoms with E-state index in [9.17, 15) is 9.90 Å². The molecule has 1 aliphatic heterocycles. The van der Waals surface area contributed by atoms with Crippen molar-refractivity contribution in [2.24, 2.45) is 0 Å². The smallest absolute Gasteiger partial charge is 0.342 e. The van der Waals surface area contributed by atoms with Gasteiger partial charge in [0.1, 0.15) is 36.4 Å². The Kier molecular flexibility index (Phi) is 5.77. The molecule has 0 saturated carbocycles. The van der Waals surface area contributed by atoms with Crippen LogP contribution in [0.5, 0.6) is 11.5 Å². The lowest BCUT2D eigenvalue weighted by molar-refractivity contribution is 0.00878. The number of ether oxygens (including phenoxy) is 3. The number of carbonyl (C=O) groups is 1. The topological polar surface area (TPSA) is 65.0 Å². The molecule has 0 fully saturated rings. The lowest BCUT2D eigenvalue weighted by atomic mass is 9.97. The molecule has 0 aromatic heterocycles. The third-order valence-corrected chi connectivity index (χ3v) is 4.77. The highest BCUT2D eigenvalue weighted by Gasteiger charge is 2.30. The average molecular weight is 390 g/mol. The molecule has 0 spiro atoms. The highest BCUT2D eigenvalue weighted by molar-refractivity contribution is 5.95. The Hall–Kier alpha value is -3.31. The minimum atomic E-state index is -0.554. The summed E-state index contributed by atoms with van der Waals surface area (Å²) in [6.45, 7) is 0.512. The van der Waals surface area contributed by atoms with Crippen LogP contribution in [0.15, 0.2) is 72.8 Å². The van der Waals surface area contributed by atoms with E-state index in [1.165, 1.54) is 0 Å². The lowest BCUT2D eigenvalue weighted by Crippen LogP contribution is -2.30. The first-order chi connectivity index (χ1) is 14.2. The summed E-state index contributed by atoms with van der Waals surface area (Å²) in [7, 11) is 0. The van der Waals surface area contributed by atoms with E-state index < -0.39 is 12.1 Å². The molecule has 0 saturated heterocycles. The monoisotopic (exact) mass is 390 g/mol. The molecule has 0 unspecified atom stereocenters. The van der Waals surface area contributed by atoms with Crippen molar-refractivity contribution in [3.8, 4) is 11.5 Å². The standard InChI is InChI=1S/C24H22O5/c25-14-21-12-19-11-20(27-15-17-7-3-1-4-8-17)13-22(23(19)24(26)29-21)28-16-18-9-5-2-6-10-18/h1-11,13,21,25H,12,14-16H2/t21-/m1/s1. The Bertz CT molecular complexity index is 969. The largest absolute Gasteiger partial charge is 0.489 e. The van der Waals surface area contributed by atoms with Gasteiger partial charge in [0.15, 0.2) is 0 Å². The third kappa shape index (κ3) is 4.58. The first-order valence-corrected chi connectivity index (χ1v) is 9.55. The molecule has 1 aliphatic rings. The zero-order valence-electron chi connectivity index (χ0n) is 15.9.